The summed E-state index contributed by atoms with van der Waals surface area (Å²) in [5, 5.41) is 10.5. The molecule has 2 saturated heterocycles. The number of hydrogen-bond acceptors (Lipinski definition) is 3. The maximum absolute atomic E-state index is 10.5. The normalized spacial score (nSPS) is 53.7. The van der Waals surface area contributed by atoms with E-state index in [1.165, 1.54) is 5.57 Å². The smallest absolute Gasteiger partial charge is 0.186 e. The zero-order valence-electron chi connectivity index (χ0n) is 9.27. The summed E-state index contributed by atoms with van der Waals surface area (Å²) >= 11 is 0. The summed E-state index contributed by atoms with van der Waals surface area (Å²) in [5.41, 5.74) is 0.561. The Morgan fingerprint density at radius 1 is 1.53 bits per heavy atom. The quantitative estimate of drug-likeness (QED) is 0.615. The fourth-order valence-electron chi connectivity index (χ4n) is 3.26. The topological polar surface area (TPSA) is 38.7 Å². The monoisotopic (exact) mass is 210 g/mol. The van der Waals surface area contributed by atoms with E-state index in [2.05, 4.69) is 13.0 Å². The maximum Gasteiger partial charge on any atom is 0.186 e. The lowest BCUT2D eigenvalue weighted by Crippen LogP contribution is -2.55. The third kappa shape index (κ3) is 1.30. The van der Waals surface area contributed by atoms with Gasteiger partial charge in [-0.25, -0.2) is 0 Å². The molecule has 0 spiro atoms. The van der Waals surface area contributed by atoms with Crippen LogP contribution >= 0.6 is 0 Å². The van der Waals surface area contributed by atoms with Crippen LogP contribution in [0.3, 0.4) is 0 Å². The highest BCUT2D eigenvalue weighted by Crippen LogP contribution is 2.48. The first kappa shape index (κ1) is 9.82. The molecule has 2 aliphatic heterocycles. The Bertz CT molecular complexity index is 308. The van der Waals surface area contributed by atoms with Crippen LogP contribution < -0.4 is 0 Å². The predicted molar refractivity (Wildman–Crippen MR) is 55.2 cm³/mol. The molecule has 0 aromatic carbocycles. The van der Waals surface area contributed by atoms with Gasteiger partial charge in [0.2, 0.25) is 0 Å². The van der Waals surface area contributed by atoms with E-state index in [1.54, 1.807) is 0 Å². The molecule has 84 valence electrons. The third-order valence-electron chi connectivity index (χ3n) is 4.21. The van der Waals surface area contributed by atoms with Gasteiger partial charge in [0, 0.05) is 5.92 Å². The lowest BCUT2D eigenvalue weighted by Gasteiger charge is -2.47. The van der Waals surface area contributed by atoms with E-state index in [-0.39, 0.29) is 6.10 Å². The Hall–Kier alpha value is -0.380. The van der Waals surface area contributed by atoms with Crippen LogP contribution in [0.25, 0.3) is 0 Å². The van der Waals surface area contributed by atoms with E-state index in [0.717, 1.165) is 12.8 Å². The van der Waals surface area contributed by atoms with Gasteiger partial charge < -0.3 is 14.6 Å². The molecule has 3 rings (SSSR count). The molecule has 15 heavy (non-hydrogen) atoms. The summed E-state index contributed by atoms with van der Waals surface area (Å²) in [6.07, 6.45) is 4.07. The molecule has 0 aromatic rings. The zero-order chi connectivity index (χ0) is 10.6. The van der Waals surface area contributed by atoms with E-state index in [4.69, 9.17) is 9.47 Å². The predicted octanol–water partition coefficient (Wildman–Crippen LogP) is 1.47. The molecule has 2 fully saturated rings. The molecule has 2 bridgehead atoms. The van der Waals surface area contributed by atoms with E-state index >= 15 is 0 Å². The molecule has 3 heteroatoms. The lowest BCUT2D eigenvalue weighted by atomic mass is 9.68. The third-order valence-corrected chi connectivity index (χ3v) is 4.21. The Balaban J connectivity index is 1.96. The van der Waals surface area contributed by atoms with Gasteiger partial charge in [-0.05, 0) is 32.6 Å². The van der Waals surface area contributed by atoms with Crippen LogP contribution in [0.2, 0.25) is 0 Å². The van der Waals surface area contributed by atoms with Crippen LogP contribution in [0.1, 0.15) is 26.7 Å². The summed E-state index contributed by atoms with van der Waals surface area (Å²) < 4.78 is 11.2. The molecule has 2 heterocycles. The minimum atomic E-state index is -0.826. The second-order valence-electron chi connectivity index (χ2n) is 5.33. The number of hydrogen-bond donors (Lipinski definition) is 1. The Morgan fingerprint density at radius 3 is 3.13 bits per heavy atom. The maximum atomic E-state index is 10.5. The summed E-state index contributed by atoms with van der Waals surface area (Å²) in [6, 6.07) is 0. The van der Waals surface area contributed by atoms with Crippen LogP contribution in [-0.2, 0) is 9.47 Å². The van der Waals surface area contributed by atoms with Gasteiger partial charge >= 0.3 is 0 Å². The summed E-state index contributed by atoms with van der Waals surface area (Å²) in [7, 11) is 0. The molecule has 0 saturated carbocycles. The first-order valence-electron chi connectivity index (χ1n) is 5.74. The van der Waals surface area contributed by atoms with Crippen LogP contribution in [0.15, 0.2) is 11.6 Å². The Labute approximate surface area is 90.1 Å². The van der Waals surface area contributed by atoms with Gasteiger partial charge in [-0.3, -0.25) is 0 Å². The largest absolute Gasteiger partial charge is 0.385 e. The van der Waals surface area contributed by atoms with Crippen molar-refractivity contribution in [2.24, 2.45) is 11.8 Å². The highest BCUT2D eigenvalue weighted by atomic mass is 16.7. The number of ether oxygens (including phenoxy) is 2. The number of rotatable bonds is 0. The molecule has 5 atom stereocenters. The van der Waals surface area contributed by atoms with Gasteiger partial charge in [-0.2, -0.15) is 0 Å². The molecule has 0 unspecified atom stereocenters. The number of allylic oxidation sites excluding steroid dienone is 2. The molecule has 3 nitrogen and oxygen atoms in total. The first-order valence-corrected chi connectivity index (χ1v) is 5.74. The Morgan fingerprint density at radius 2 is 2.33 bits per heavy atom. The highest BCUT2D eigenvalue weighted by Gasteiger charge is 2.56. The van der Waals surface area contributed by atoms with Crippen LogP contribution in [0.5, 0.6) is 0 Å². The van der Waals surface area contributed by atoms with Crippen molar-refractivity contribution in [3.8, 4) is 0 Å². The lowest BCUT2D eigenvalue weighted by molar-refractivity contribution is -0.245. The molecule has 0 radical (unpaired) electrons. The van der Waals surface area contributed by atoms with Crippen molar-refractivity contribution in [1.29, 1.82) is 0 Å². The second-order valence-corrected chi connectivity index (χ2v) is 5.33. The van der Waals surface area contributed by atoms with Crippen molar-refractivity contribution in [2.75, 3.05) is 6.61 Å². The molecule has 0 amide bonds. The minimum absolute atomic E-state index is 0.199. The first-order chi connectivity index (χ1) is 7.09. The second kappa shape index (κ2) is 3.06. The van der Waals surface area contributed by atoms with Gasteiger partial charge in [0.05, 0.1) is 12.7 Å². The zero-order valence-corrected chi connectivity index (χ0v) is 9.27. The number of aliphatic hydroxyl groups is 1. The molecular formula is C12H18O3. The molecule has 0 aromatic heterocycles. The van der Waals surface area contributed by atoms with Crippen molar-refractivity contribution in [1.82, 2.24) is 0 Å². The van der Waals surface area contributed by atoms with Gasteiger partial charge in [-0.1, -0.05) is 11.6 Å². The SMILES string of the molecule is CC1=CC[C@H]2[C@@H](C1)[C@@](C)(O)[C@@H]1OC[C@H]2O1. The summed E-state index contributed by atoms with van der Waals surface area (Å²) in [6.45, 7) is 4.65. The fraction of sp³-hybridized carbons (Fsp3) is 0.833. The summed E-state index contributed by atoms with van der Waals surface area (Å²) in [5.74, 6) is 0.733. The molecule has 1 aliphatic carbocycles. The van der Waals surface area contributed by atoms with Gasteiger partial charge in [0.1, 0.15) is 5.60 Å². The molecule has 3 aliphatic rings. The van der Waals surface area contributed by atoms with E-state index < -0.39 is 11.9 Å². The standard InChI is InChI=1S/C12H18O3/c1-7-3-4-8-9(5-7)12(2,13)11-14-6-10(8)15-11/h3,8-11,13H,4-6H2,1-2H3/t8-,9+,10+,11+,12+/m0/s1. The number of fused-ring (bicyclic) bond motifs is 4. The molecule has 1 N–H and O–H groups in total. The van der Waals surface area contributed by atoms with Crippen molar-refractivity contribution in [3.63, 3.8) is 0 Å². The van der Waals surface area contributed by atoms with Crippen LogP contribution in [0, 0.1) is 11.8 Å². The average molecular weight is 210 g/mol. The minimum Gasteiger partial charge on any atom is -0.385 e. The van der Waals surface area contributed by atoms with Crippen molar-refractivity contribution < 1.29 is 14.6 Å². The van der Waals surface area contributed by atoms with Gasteiger partial charge in [0.15, 0.2) is 6.29 Å². The molecular weight excluding hydrogens is 192 g/mol. The van der Waals surface area contributed by atoms with E-state index in [9.17, 15) is 5.11 Å². The van der Waals surface area contributed by atoms with Crippen LogP contribution in [-0.4, -0.2) is 29.7 Å². The van der Waals surface area contributed by atoms with Gasteiger partial charge in [0.25, 0.3) is 0 Å². The van der Waals surface area contributed by atoms with Gasteiger partial charge in [-0.15, -0.1) is 0 Å². The van der Waals surface area contributed by atoms with Crippen molar-refractivity contribution in [3.05, 3.63) is 11.6 Å². The highest BCUT2D eigenvalue weighted by molar-refractivity contribution is 5.13. The van der Waals surface area contributed by atoms with E-state index in [1.807, 2.05) is 6.92 Å². The Kier molecular flexibility index (Phi) is 2.00. The summed E-state index contributed by atoms with van der Waals surface area (Å²) in [4.78, 5) is 0. The van der Waals surface area contributed by atoms with Crippen molar-refractivity contribution in [2.45, 2.75) is 44.7 Å². The van der Waals surface area contributed by atoms with Crippen LogP contribution in [0.4, 0.5) is 0 Å². The average Bonchev–Trinajstić information content (AvgIpc) is 2.63. The van der Waals surface area contributed by atoms with Crippen molar-refractivity contribution >= 4 is 0 Å². The fourth-order valence-corrected chi connectivity index (χ4v) is 3.26. The van der Waals surface area contributed by atoms with E-state index in [0.29, 0.717) is 18.4 Å².